The van der Waals surface area contributed by atoms with E-state index in [1.165, 1.54) is 12.4 Å². The molecule has 2 fully saturated rings. The van der Waals surface area contributed by atoms with Gasteiger partial charge in [0.1, 0.15) is 35.2 Å². The number of benzene rings is 2. The van der Waals surface area contributed by atoms with Crippen LogP contribution in [-0.2, 0) is 11.3 Å². The number of nitrogens with zero attached hydrogens (tertiary/aromatic N) is 8. The van der Waals surface area contributed by atoms with Crippen molar-refractivity contribution < 1.29 is 13.9 Å². The Labute approximate surface area is 293 Å². The number of carbonyl (C=O) groups excluding carboxylic acids is 1. The van der Waals surface area contributed by atoms with E-state index in [1.54, 1.807) is 33.8 Å². The molecule has 0 spiro atoms. The van der Waals surface area contributed by atoms with Gasteiger partial charge in [-0.25, -0.2) is 23.9 Å². The molecule has 2 aliphatic rings. The van der Waals surface area contributed by atoms with Gasteiger partial charge in [-0.05, 0) is 63.3 Å². The molecule has 12 heteroatoms. The maximum Gasteiger partial charge on any atom is 0.252 e. The number of ether oxygens (including phenoxy) is 1. The van der Waals surface area contributed by atoms with Crippen molar-refractivity contribution in [1.29, 1.82) is 0 Å². The molecule has 0 aliphatic carbocycles. The number of likely N-dealkylation sites (tertiary alicyclic amines) is 1. The van der Waals surface area contributed by atoms with Crippen LogP contribution in [0.5, 0.6) is 11.5 Å². The number of amides is 1. The lowest BCUT2D eigenvalue weighted by Gasteiger charge is -2.43. The molecular weight excluding hydrogens is 633 g/mol. The number of nitrogen functional groups attached to an aromatic ring is 1. The van der Waals surface area contributed by atoms with Crippen LogP contribution in [0.15, 0.2) is 66.6 Å². The molecule has 50 heavy (non-hydrogen) atoms. The Balaban J connectivity index is 1.20. The SMILES string of the molecule is [C-]#[N+]/C(=C\C(C)(C)CN1CCN(C(C)(C)C)CC1)C(=O)N1CCC[C@@H]1Cn1nc(-c2ccc(Oc3ccccc3)cc2F)c2c(N)ncnc21. The normalized spacial score (nSPS) is 18.1. The van der Waals surface area contributed by atoms with Crippen LogP contribution < -0.4 is 10.5 Å². The van der Waals surface area contributed by atoms with Crippen LogP contribution >= 0.6 is 0 Å². The summed E-state index contributed by atoms with van der Waals surface area (Å²) in [4.78, 5) is 33.0. The quantitative estimate of drug-likeness (QED) is 0.164. The van der Waals surface area contributed by atoms with Gasteiger partial charge in [-0.1, -0.05) is 38.1 Å². The Bertz CT molecular complexity index is 1920. The molecule has 0 radical (unpaired) electrons. The second-order valence-corrected chi connectivity index (χ2v) is 14.9. The molecule has 1 amide bonds. The minimum atomic E-state index is -0.531. The number of anilines is 1. The van der Waals surface area contributed by atoms with Gasteiger partial charge in [0.2, 0.25) is 5.70 Å². The fourth-order valence-corrected chi connectivity index (χ4v) is 7.07. The van der Waals surface area contributed by atoms with Crippen molar-refractivity contribution in [2.24, 2.45) is 5.41 Å². The number of rotatable bonds is 9. The Kier molecular flexibility index (Phi) is 9.91. The van der Waals surface area contributed by atoms with Gasteiger partial charge in [0.05, 0.1) is 24.5 Å². The van der Waals surface area contributed by atoms with Crippen molar-refractivity contribution in [3.05, 3.63) is 83.9 Å². The highest BCUT2D eigenvalue weighted by atomic mass is 19.1. The Morgan fingerprint density at radius 3 is 2.46 bits per heavy atom. The average Bonchev–Trinajstić information content (AvgIpc) is 3.69. The van der Waals surface area contributed by atoms with Gasteiger partial charge in [0.25, 0.3) is 5.91 Å². The number of fused-ring (bicyclic) bond motifs is 1. The molecule has 2 N–H and O–H groups in total. The van der Waals surface area contributed by atoms with Gasteiger partial charge in [-0.15, -0.1) is 0 Å². The van der Waals surface area contributed by atoms with Crippen molar-refractivity contribution in [3.8, 4) is 22.8 Å². The summed E-state index contributed by atoms with van der Waals surface area (Å²) < 4.78 is 23.1. The van der Waals surface area contributed by atoms with Gasteiger partial charge in [-0.2, -0.15) is 5.10 Å². The minimum Gasteiger partial charge on any atom is -0.457 e. The van der Waals surface area contributed by atoms with Crippen molar-refractivity contribution >= 4 is 22.8 Å². The van der Waals surface area contributed by atoms with E-state index in [2.05, 4.69) is 59.2 Å². The number of nitrogens with two attached hydrogens (primary N) is 1. The maximum atomic E-state index is 15.7. The summed E-state index contributed by atoms with van der Waals surface area (Å²) in [5, 5.41) is 5.23. The highest BCUT2D eigenvalue weighted by molar-refractivity contribution is 5.98. The number of hydrogen-bond donors (Lipinski definition) is 1. The topological polar surface area (TPSA) is 110 Å². The van der Waals surface area contributed by atoms with Crippen LogP contribution in [0.2, 0.25) is 0 Å². The summed E-state index contributed by atoms with van der Waals surface area (Å²) in [6.07, 6.45) is 4.73. The summed E-state index contributed by atoms with van der Waals surface area (Å²) in [6.45, 7) is 24.4. The van der Waals surface area contributed by atoms with Gasteiger partial charge in [0.15, 0.2) is 5.65 Å². The number of carbonyl (C=O) groups is 1. The molecule has 1 atom stereocenters. The van der Waals surface area contributed by atoms with Gasteiger partial charge >= 0.3 is 0 Å². The zero-order valence-corrected chi connectivity index (χ0v) is 29.6. The van der Waals surface area contributed by atoms with Crippen LogP contribution in [0.3, 0.4) is 0 Å². The third-order valence-electron chi connectivity index (χ3n) is 9.57. The van der Waals surface area contributed by atoms with E-state index >= 15 is 4.39 Å². The zero-order chi connectivity index (χ0) is 35.6. The molecule has 11 nitrogen and oxygen atoms in total. The molecule has 4 aromatic rings. The Hall–Kier alpha value is -4.86. The predicted octanol–water partition coefficient (Wildman–Crippen LogP) is 6.24. The monoisotopic (exact) mass is 679 g/mol. The van der Waals surface area contributed by atoms with Crippen LogP contribution in [0.4, 0.5) is 10.2 Å². The molecule has 0 saturated carbocycles. The van der Waals surface area contributed by atoms with Crippen molar-refractivity contribution in [2.75, 3.05) is 45.0 Å². The maximum absolute atomic E-state index is 15.7. The van der Waals surface area contributed by atoms with E-state index in [0.29, 0.717) is 41.3 Å². The highest BCUT2D eigenvalue weighted by Gasteiger charge is 2.34. The van der Waals surface area contributed by atoms with E-state index in [9.17, 15) is 4.79 Å². The van der Waals surface area contributed by atoms with Crippen molar-refractivity contribution in [3.63, 3.8) is 0 Å². The van der Waals surface area contributed by atoms with Crippen LogP contribution in [0, 0.1) is 17.8 Å². The minimum absolute atomic E-state index is 0.132. The fourth-order valence-electron chi connectivity index (χ4n) is 7.07. The second-order valence-electron chi connectivity index (χ2n) is 14.9. The molecular formula is C38H46FN9O2. The van der Waals surface area contributed by atoms with E-state index in [-0.39, 0.29) is 40.0 Å². The lowest BCUT2D eigenvalue weighted by Crippen LogP contribution is -2.54. The van der Waals surface area contributed by atoms with E-state index in [1.807, 2.05) is 24.3 Å². The molecule has 262 valence electrons. The molecule has 2 aliphatic heterocycles. The van der Waals surface area contributed by atoms with Crippen molar-refractivity contribution in [1.82, 2.24) is 34.4 Å². The van der Waals surface area contributed by atoms with Crippen LogP contribution in [0.25, 0.3) is 27.1 Å². The largest absolute Gasteiger partial charge is 0.457 e. The smallest absolute Gasteiger partial charge is 0.252 e. The van der Waals surface area contributed by atoms with E-state index in [4.69, 9.17) is 22.1 Å². The molecule has 2 saturated heterocycles. The Morgan fingerprint density at radius 1 is 1.04 bits per heavy atom. The predicted molar refractivity (Wildman–Crippen MR) is 193 cm³/mol. The molecule has 2 aromatic carbocycles. The zero-order valence-electron chi connectivity index (χ0n) is 29.6. The first kappa shape index (κ1) is 35.0. The second kappa shape index (κ2) is 14.2. The van der Waals surface area contributed by atoms with Crippen molar-refractivity contribution in [2.45, 2.75) is 65.6 Å². The first-order valence-electron chi connectivity index (χ1n) is 17.2. The molecule has 4 heterocycles. The van der Waals surface area contributed by atoms with E-state index in [0.717, 1.165) is 45.6 Å². The summed E-state index contributed by atoms with van der Waals surface area (Å²) in [7, 11) is 0. The summed E-state index contributed by atoms with van der Waals surface area (Å²) in [6, 6.07) is 13.5. The first-order valence-corrected chi connectivity index (χ1v) is 17.2. The lowest BCUT2D eigenvalue weighted by atomic mass is 9.90. The van der Waals surface area contributed by atoms with Gasteiger partial charge in [0, 0.05) is 56.4 Å². The highest BCUT2D eigenvalue weighted by Crippen LogP contribution is 2.35. The molecule has 2 aromatic heterocycles. The summed E-state index contributed by atoms with van der Waals surface area (Å²) in [5.74, 6) is 0.313. The Morgan fingerprint density at radius 2 is 1.78 bits per heavy atom. The number of piperazine rings is 1. The van der Waals surface area contributed by atoms with Crippen LogP contribution in [0.1, 0.15) is 47.5 Å². The third kappa shape index (κ3) is 7.64. The summed E-state index contributed by atoms with van der Waals surface area (Å²) in [5.41, 5.74) is 7.21. The third-order valence-corrected chi connectivity index (χ3v) is 9.57. The molecule has 0 bridgehead atoms. The molecule has 6 rings (SSSR count). The first-order chi connectivity index (χ1) is 23.8. The number of halogens is 1. The van der Waals surface area contributed by atoms with E-state index < -0.39 is 5.82 Å². The van der Waals surface area contributed by atoms with Gasteiger partial charge in [-0.3, -0.25) is 9.69 Å². The summed E-state index contributed by atoms with van der Waals surface area (Å²) >= 11 is 0. The fraction of sp³-hybridized carbons (Fsp3) is 0.447. The number of para-hydroxylation sites is 1. The molecule has 0 unspecified atom stereocenters. The van der Waals surface area contributed by atoms with Crippen LogP contribution in [-0.4, -0.2) is 91.2 Å². The lowest BCUT2D eigenvalue weighted by molar-refractivity contribution is -0.127. The average molecular weight is 680 g/mol. The standard InChI is InChI=1S/C38H46FN9O2/c1-37(2,3)46-19-17-45(18-20-46)24-38(4,5)22-31(41-6)36(49)47-16-10-11-26(47)23-48-35-32(34(40)42-25-43-35)33(44-48)29-15-14-28(21-30(29)39)50-27-12-8-7-9-13-27/h7-9,12-15,21-22,25-26H,10-11,16-20,23-24H2,1-5H3,(H2,40,42,43)/b31-22-/t26-/m1/s1. The number of aromatic nitrogens is 4. The van der Waals surface area contributed by atoms with Gasteiger partial charge < -0.3 is 20.3 Å². The number of hydrogen-bond acceptors (Lipinski definition) is 8.